The van der Waals surface area contributed by atoms with Crippen LogP contribution in [0.5, 0.6) is 5.75 Å². The van der Waals surface area contributed by atoms with E-state index in [0.29, 0.717) is 30.4 Å². The summed E-state index contributed by atoms with van der Waals surface area (Å²) < 4.78 is 46.6. The average Bonchev–Trinajstić information content (AvgIpc) is 2.57. The lowest BCUT2D eigenvalue weighted by Gasteiger charge is -2.32. The summed E-state index contributed by atoms with van der Waals surface area (Å²) in [7, 11) is 0. The van der Waals surface area contributed by atoms with Crippen molar-refractivity contribution in [2.24, 2.45) is 0 Å². The largest absolute Gasteiger partial charge is 0.487 e. The zero-order valence-corrected chi connectivity index (χ0v) is 14.7. The predicted molar refractivity (Wildman–Crippen MR) is 90.0 cm³/mol. The molecule has 0 radical (unpaired) electrons. The summed E-state index contributed by atoms with van der Waals surface area (Å²) in [5, 5.41) is 0. The molecule has 25 heavy (non-hydrogen) atoms. The predicted octanol–water partition coefficient (Wildman–Crippen LogP) is 4.55. The molecule has 1 saturated heterocycles. The van der Waals surface area contributed by atoms with Gasteiger partial charge in [-0.3, -0.25) is 4.79 Å². The first kappa shape index (κ1) is 17.8. The van der Waals surface area contributed by atoms with Crippen molar-refractivity contribution in [3.05, 3.63) is 63.9 Å². The van der Waals surface area contributed by atoms with Crippen LogP contribution in [0.3, 0.4) is 0 Å². The number of ether oxygens (including phenoxy) is 1. The minimum Gasteiger partial charge on any atom is -0.487 e. The number of nitrogens with zero attached hydrogens (tertiary/aromatic N) is 1. The Balaban J connectivity index is 1.60. The number of hydrogen-bond donors (Lipinski definition) is 0. The molecule has 0 bridgehead atoms. The van der Waals surface area contributed by atoms with Gasteiger partial charge in [0.1, 0.15) is 17.7 Å². The number of hydrogen-bond acceptors (Lipinski definition) is 2. The zero-order valence-electron chi connectivity index (χ0n) is 13.1. The smallest absolute Gasteiger partial charge is 0.256 e. The van der Waals surface area contributed by atoms with Crippen LogP contribution in [-0.4, -0.2) is 30.0 Å². The van der Waals surface area contributed by atoms with Gasteiger partial charge in [0.15, 0.2) is 11.6 Å². The minimum atomic E-state index is -0.754. The van der Waals surface area contributed by atoms with Crippen molar-refractivity contribution < 1.29 is 22.7 Å². The first-order valence-corrected chi connectivity index (χ1v) is 8.59. The molecule has 0 atom stereocenters. The molecule has 7 heteroatoms. The molecule has 0 aliphatic carbocycles. The van der Waals surface area contributed by atoms with E-state index < -0.39 is 17.5 Å². The van der Waals surface area contributed by atoms with Crippen LogP contribution in [0, 0.1) is 17.5 Å². The van der Waals surface area contributed by atoms with Crippen LogP contribution in [0.25, 0.3) is 0 Å². The van der Waals surface area contributed by atoms with Gasteiger partial charge in [-0.2, -0.15) is 0 Å². The molecule has 0 spiro atoms. The van der Waals surface area contributed by atoms with Crippen LogP contribution < -0.4 is 4.74 Å². The highest BCUT2D eigenvalue weighted by Gasteiger charge is 2.26. The lowest BCUT2D eigenvalue weighted by molar-refractivity contribution is 0.0584. The monoisotopic (exact) mass is 413 g/mol. The van der Waals surface area contributed by atoms with Crippen LogP contribution in [0.1, 0.15) is 23.2 Å². The standard InChI is InChI=1S/C18H15BrF3NO2/c19-11-1-3-14(15(21)9-11)18(24)23-7-5-13(6-8-23)25-17-4-2-12(20)10-16(17)22/h1-4,9-10,13H,5-8H2. The molecule has 3 rings (SSSR count). The number of benzene rings is 2. The molecule has 0 aromatic heterocycles. The fourth-order valence-corrected chi connectivity index (χ4v) is 3.09. The van der Waals surface area contributed by atoms with Crippen molar-refractivity contribution in [1.82, 2.24) is 4.90 Å². The van der Waals surface area contributed by atoms with Gasteiger partial charge in [-0.25, -0.2) is 13.2 Å². The third kappa shape index (κ3) is 4.15. The first-order valence-electron chi connectivity index (χ1n) is 7.80. The summed E-state index contributed by atoms with van der Waals surface area (Å²) >= 11 is 3.16. The van der Waals surface area contributed by atoms with Gasteiger partial charge in [-0.15, -0.1) is 0 Å². The normalized spacial score (nSPS) is 15.3. The van der Waals surface area contributed by atoms with Crippen molar-refractivity contribution in [2.45, 2.75) is 18.9 Å². The Morgan fingerprint density at radius 1 is 1.04 bits per heavy atom. The third-order valence-electron chi connectivity index (χ3n) is 4.08. The molecule has 1 heterocycles. The minimum absolute atomic E-state index is 0.00914. The summed E-state index contributed by atoms with van der Waals surface area (Å²) in [5.74, 6) is -2.38. The fourth-order valence-electron chi connectivity index (χ4n) is 2.76. The van der Waals surface area contributed by atoms with Crippen LogP contribution in [-0.2, 0) is 0 Å². The molecule has 0 N–H and O–H groups in total. The van der Waals surface area contributed by atoms with E-state index >= 15 is 0 Å². The lowest BCUT2D eigenvalue weighted by atomic mass is 10.1. The molecule has 0 unspecified atom stereocenters. The lowest BCUT2D eigenvalue weighted by Crippen LogP contribution is -2.42. The molecule has 3 nitrogen and oxygen atoms in total. The SMILES string of the molecule is O=C(c1ccc(Br)cc1F)N1CCC(Oc2ccc(F)cc2F)CC1. The number of carbonyl (C=O) groups is 1. The maximum Gasteiger partial charge on any atom is 0.256 e. The van der Waals surface area contributed by atoms with Crippen LogP contribution in [0.4, 0.5) is 13.2 Å². The highest BCUT2D eigenvalue weighted by atomic mass is 79.9. The Kier molecular flexibility index (Phi) is 5.32. The number of piperidine rings is 1. The van der Waals surface area contributed by atoms with Gasteiger partial charge in [-0.1, -0.05) is 15.9 Å². The molecule has 2 aromatic carbocycles. The third-order valence-corrected chi connectivity index (χ3v) is 4.57. The van der Waals surface area contributed by atoms with E-state index in [1.165, 1.54) is 18.2 Å². The number of likely N-dealkylation sites (tertiary alicyclic amines) is 1. The second-order valence-corrected chi connectivity index (χ2v) is 6.72. The van der Waals surface area contributed by atoms with Gasteiger partial charge >= 0.3 is 0 Å². The van der Waals surface area contributed by atoms with Gasteiger partial charge < -0.3 is 9.64 Å². The Morgan fingerprint density at radius 2 is 1.76 bits per heavy atom. The van der Waals surface area contributed by atoms with E-state index in [2.05, 4.69) is 15.9 Å². The van der Waals surface area contributed by atoms with E-state index in [1.807, 2.05) is 0 Å². The van der Waals surface area contributed by atoms with Crippen molar-refractivity contribution in [3.63, 3.8) is 0 Å². The Hall–Kier alpha value is -2.02. The van der Waals surface area contributed by atoms with E-state index in [4.69, 9.17) is 4.74 Å². The molecule has 1 aliphatic rings. The van der Waals surface area contributed by atoms with Gasteiger partial charge in [0.25, 0.3) is 5.91 Å². The highest BCUT2D eigenvalue weighted by Crippen LogP contribution is 2.24. The molecule has 1 fully saturated rings. The fraction of sp³-hybridized carbons (Fsp3) is 0.278. The number of rotatable bonds is 3. The second kappa shape index (κ2) is 7.47. The van der Waals surface area contributed by atoms with Crippen molar-refractivity contribution >= 4 is 21.8 Å². The first-order chi connectivity index (χ1) is 11.9. The topological polar surface area (TPSA) is 29.5 Å². The molecule has 132 valence electrons. The number of carbonyl (C=O) groups excluding carboxylic acids is 1. The molecule has 1 amide bonds. The molecule has 1 aliphatic heterocycles. The number of halogens is 4. The van der Waals surface area contributed by atoms with Gasteiger partial charge in [0.05, 0.1) is 5.56 Å². The van der Waals surface area contributed by atoms with Crippen LogP contribution in [0.2, 0.25) is 0 Å². The van der Waals surface area contributed by atoms with Crippen molar-refractivity contribution in [3.8, 4) is 5.75 Å². The molecular formula is C18H15BrF3NO2. The van der Waals surface area contributed by atoms with Gasteiger partial charge in [0.2, 0.25) is 0 Å². The maximum atomic E-state index is 13.9. The molecular weight excluding hydrogens is 399 g/mol. The Bertz CT molecular complexity index is 792. The van der Waals surface area contributed by atoms with Crippen molar-refractivity contribution in [2.75, 3.05) is 13.1 Å². The summed E-state index contributed by atoms with van der Waals surface area (Å²) in [6.07, 6.45) is 0.695. The highest BCUT2D eigenvalue weighted by molar-refractivity contribution is 9.10. The van der Waals surface area contributed by atoms with E-state index in [1.54, 1.807) is 11.0 Å². The zero-order chi connectivity index (χ0) is 18.0. The average molecular weight is 414 g/mol. The van der Waals surface area contributed by atoms with Gasteiger partial charge in [-0.05, 0) is 30.3 Å². The summed E-state index contributed by atoms with van der Waals surface area (Å²) in [6.45, 7) is 0.754. The quantitative estimate of drug-likeness (QED) is 0.738. The van der Waals surface area contributed by atoms with Crippen molar-refractivity contribution in [1.29, 1.82) is 0 Å². The Morgan fingerprint density at radius 3 is 2.40 bits per heavy atom. The van der Waals surface area contributed by atoms with E-state index in [-0.39, 0.29) is 23.3 Å². The van der Waals surface area contributed by atoms with Crippen LogP contribution in [0.15, 0.2) is 40.9 Å². The summed E-state index contributed by atoms with van der Waals surface area (Å²) in [5.41, 5.74) is 0.0205. The molecule has 0 saturated carbocycles. The maximum absolute atomic E-state index is 13.9. The Labute approximate surface area is 151 Å². The molecule has 2 aromatic rings. The van der Waals surface area contributed by atoms with E-state index in [9.17, 15) is 18.0 Å². The summed E-state index contributed by atoms with van der Waals surface area (Å²) in [4.78, 5) is 14.0. The van der Waals surface area contributed by atoms with Crippen LogP contribution >= 0.6 is 15.9 Å². The second-order valence-electron chi connectivity index (χ2n) is 5.81. The summed E-state index contributed by atoms with van der Waals surface area (Å²) in [6, 6.07) is 7.46. The number of amides is 1. The van der Waals surface area contributed by atoms with Gasteiger partial charge in [0, 0.05) is 36.5 Å². The van der Waals surface area contributed by atoms with E-state index in [0.717, 1.165) is 12.1 Å².